The van der Waals surface area contributed by atoms with Gasteiger partial charge in [-0.3, -0.25) is 0 Å². The highest BCUT2D eigenvalue weighted by Crippen LogP contribution is 2.10. The van der Waals surface area contributed by atoms with Crippen LogP contribution in [0.5, 0.6) is 0 Å². The topological polar surface area (TPSA) is 87.1 Å². The number of rotatable bonds is 3. The van der Waals surface area contributed by atoms with Crippen molar-refractivity contribution >= 4 is 11.9 Å². The molecule has 6 heteroatoms. The number of aryl methyl sites for hydroxylation is 1. The van der Waals surface area contributed by atoms with Crippen molar-refractivity contribution in [2.75, 3.05) is 18.4 Å². The van der Waals surface area contributed by atoms with E-state index in [1.54, 1.807) is 6.92 Å². The molecule has 1 unspecified atom stereocenters. The van der Waals surface area contributed by atoms with Gasteiger partial charge in [0, 0.05) is 18.3 Å². The second-order valence-corrected chi connectivity index (χ2v) is 4.21. The molecule has 92 valence electrons. The summed E-state index contributed by atoms with van der Waals surface area (Å²) in [5, 5.41) is 15.4. The van der Waals surface area contributed by atoms with Gasteiger partial charge in [0.25, 0.3) is 0 Å². The monoisotopic (exact) mass is 236 g/mol. The molecule has 2 rings (SSSR count). The van der Waals surface area contributed by atoms with Gasteiger partial charge in [-0.1, -0.05) is 0 Å². The normalized spacial score (nSPS) is 19.9. The van der Waals surface area contributed by atoms with Gasteiger partial charge in [-0.2, -0.15) is 0 Å². The maximum absolute atomic E-state index is 10.9. The summed E-state index contributed by atoms with van der Waals surface area (Å²) in [5.74, 6) is -0.628. The summed E-state index contributed by atoms with van der Waals surface area (Å²) in [4.78, 5) is 19.0. The number of hydrogen-bond acceptors (Lipinski definition) is 5. The van der Waals surface area contributed by atoms with Crippen molar-refractivity contribution in [3.8, 4) is 0 Å². The Kier molecular flexibility index (Phi) is 3.53. The van der Waals surface area contributed by atoms with Gasteiger partial charge in [-0.15, -0.1) is 0 Å². The molecule has 0 radical (unpaired) electrons. The van der Waals surface area contributed by atoms with Crippen LogP contribution >= 0.6 is 0 Å². The lowest BCUT2D eigenvalue weighted by molar-refractivity contribution is 0.0690. The Bertz CT molecular complexity index is 416. The van der Waals surface area contributed by atoms with Crippen molar-refractivity contribution in [3.63, 3.8) is 0 Å². The number of carbonyl (C=O) groups is 1. The van der Waals surface area contributed by atoms with E-state index in [1.165, 1.54) is 6.07 Å². The van der Waals surface area contributed by atoms with E-state index in [2.05, 4.69) is 20.6 Å². The van der Waals surface area contributed by atoms with E-state index in [-0.39, 0.29) is 11.7 Å². The zero-order valence-electron chi connectivity index (χ0n) is 9.73. The van der Waals surface area contributed by atoms with Crippen LogP contribution in [0.3, 0.4) is 0 Å². The van der Waals surface area contributed by atoms with Crippen LogP contribution in [0.25, 0.3) is 0 Å². The molecule has 0 bridgehead atoms. The fourth-order valence-electron chi connectivity index (χ4n) is 1.90. The molecule has 6 nitrogen and oxygen atoms in total. The van der Waals surface area contributed by atoms with Gasteiger partial charge in [0.2, 0.25) is 5.95 Å². The molecule has 0 aromatic carbocycles. The summed E-state index contributed by atoms with van der Waals surface area (Å²) >= 11 is 0. The van der Waals surface area contributed by atoms with Gasteiger partial charge in [-0.05, 0) is 32.4 Å². The van der Waals surface area contributed by atoms with Crippen LogP contribution in [0.4, 0.5) is 5.95 Å². The molecule has 0 aliphatic carbocycles. The van der Waals surface area contributed by atoms with E-state index in [9.17, 15) is 4.79 Å². The summed E-state index contributed by atoms with van der Waals surface area (Å²) in [5.41, 5.74) is 0.687. The first kappa shape index (κ1) is 11.8. The third-order valence-corrected chi connectivity index (χ3v) is 2.70. The maximum atomic E-state index is 10.9. The van der Waals surface area contributed by atoms with Gasteiger partial charge in [0.1, 0.15) is 0 Å². The first-order valence-corrected chi connectivity index (χ1v) is 5.71. The number of piperidine rings is 1. The molecule has 1 aromatic rings. The lowest BCUT2D eigenvalue weighted by Crippen LogP contribution is -2.38. The van der Waals surface area contributed by atoms with Crippen LogP contribution < -0.4 is 10.6 Å². The third kappa shape index (κ3) is 3.13. The average molecular weight is 236 g/mol. The molecule has 2 heterocycles. The van der Waals surface area contributed by atoms with Crippen molar-refractivity contribution in [1.29, 1.82) is 0 Å². The molecule has 1 fully saturated rings. The summed E-state index contributed by atoms with van der Waals surface area (Å²) in [6.07, 6.45) is 2.15. The standard InChI is InChI=1S/C11H16N4O2/c1-7-5-9(10(16)17)15-11(13-7)14-8-3-2-4-12-6-8/h5,8,12H,2-4,6H2,1H3,(H,16,17)(H,13,14,15). The highest BCUT2D eigenvalue weighted by Gasteiger charge is 2.15. The summed E-state index contributed by atoms with van der Waals surface area (Å²) in [6.45, 7) is 3.66. The van der Waals surface area contributed by atoms with E-state index in [4.69, 9.17) is 5.11 Å². The number of aromatic carboxylic acids is 1. The number of anilines is 1. The molecule has 1 atom stereocenters. The van der Waals surface area contributed by atoms with E-state index in [0.717, 1.165) is 25.9 Å². The Hall–Kier alpha value is -1.69. The van der Waals surface area contributed by atoms with Crippen molar-refractivity contribution in [3.05, 3.63) is 17.5 Å². The molecule has 1 aliphatic heterocycles. The molecule has 0 spiro atoms. The molecule has 3 N–H and O–H groups in total. The molecule has 0 amide bonds. The Balaban J connectivity index is 2.11. The Morgan fingerprint density at radius 1 is 1.59 bits per heavy atom. The molecular weight excluding hydrogens is 220 g/mol. The highest BCUT2D eigenvalue weighted by atomic mass is 16.4. The smallest absolute Gasteiger partial charge is 0.354 e. The Labute approximate surface area is 99.5 Å². The summed E-state index contributed by atoms with van der Waals surface area (Å²) in [7, 11) is 0. The molecule has 1 aliphatic rings. The van der Waals surface area contributed by atoms with Crippen LogP contribution in [-0.2, 0) is 0 Å². The number of aromatic nitrogens is 2. The minimum absolute atomic E-state index is 0.0313. The van der Waals surface area contributed by atoms with E-state index in [1.807, 2.05) is 0 Å². The molecular formula is C11H16N4O2. The van der Waals surface area contributed by atoms with E-state index >= 15 is 0 Å². The maximum Gasteiger partial charge on any atom is 0.354 e. The SMILES string of the molecule is Cc1cc(C(=O)O)nc(NC2CCCNC2)n1. The second kappa shape index (κ2) is 5.09. The van der Waals surface area contributed by atoms with Crippen LogP contribution in [0.2, 0.25) is 0 Å². The minimum atomic E-state index is -1.03. The number of hydrogen-bond donors (Lipinski definition) is 3. The lowest BCUT2D eigenvalue weighted by Gasteiger charge is -2.23. The fraction of sp³-hybridized carbons (Fsp3) is 0.545. The Morgan fingerprint density at radius 2 is 2.41 bits per heavy atom. The molecule has 17 heavy (non-hydrogen) atoms. The van der Waals surface area contributed by atoms with Gasteiger partial charge in [0.05, 0.1) is 0 Å². The van der Waals surface area contributed by atoms with Gasteiger partial charge in [0.15, 0.2) is 5.69 Å². The minimum Gasteiger partial charge on any atom is -0.477 e. The van der Waals surface area contributed by atoms with Gasteiger partial charge in [-0.25, -0.2) is 14.8 Å². The van der Waals surface area contributed by atoms with Crippen LogP contribution in [0.1, 0.15) is 29.0 Å². The van der Waals surface area contributed by atoms with Crippen molar-refractivity contribution in [1.82, 2.24) is 15.3 Å². The zero-order valence-corrected chi connectivity index (χ0v) is 9.73. The first-order valence-electron chi connectivity index (χ1n) is 5.71. The number of carboxylic acids is 1. The lowest BCUT2D eigenvalue weighted by atomic mass is 10.1. The van der Waals surface area contributed by atoms with Crippen LogP contribution in [0.15, 0.2) is 6.07 Å². The predicted molar refractivity (Wildman–Crippen MR) is 63.2 cm³/mol. The van der Waals surface area contributed by atoms with Crippen LogP contribution in [0, 0.1) is 6.92 Å². The summed E-state index contributed by atoms with van der Waals surface area (Å²) < 4.78 is 0. The Morgan fingerprint density at radius 3 is 3.06 bits per heavy atom. The zero-order chi connectivity index (χ0) is 12.3. The average Bonchev–Trinajstić information content (AvgIpc) is 2.29. The van der Waals surface area contributed by atoms with Gasteiger partial charge >= 0.3 is 5.97 Å². The molecule has 1 aromatic heterocycles. The fourth-order valence-corrected chi connectivity index (χ4v) is 1.90. The third-order valence-electron chi connectivity index (χ3n) is 2.70. The summed E-state index contributed by atoms with van der Waals surface area (Å²) in [6, 6.07) is 1.74. The number of nitrogens with one attached hydrogen (secondary N) is 2. The van der Waals surface area contributed by atoms with Crippen molar-refractivity contribution < 1.29 is 9.90 Å². The number of nitrogens with zero attached hydrogens (tertiary/aromatic N) is 2. The molecule has 0 saturated carbocycles. The van der Waals surface area contributed by atoms with Gasteiger partial charge < -0.3 is 15.7 Å². The van der Waals surface area contributed by atoms with Crippen molar-refractivity contribution in [2.24, 2.45) is 0 Å². The van der Waals surface area contributed by atoms with Crippen molar-refractivity contribution in [2.45, 2.75) is 25.8 Å². The first-order chi connectivity index (χ1) is 8.15. The van der Waals surface area contributed by atoms with E-state index < -0.39 is 5.97 Å². The quantitative estimate of drug-likeness (QED) is 0.714. The van der Waals surface area contributed by atoms with E-state index in [0.29, 0.717) is 11.6 Å². The second-order valence-electron chi connectivity index (χ2n) is 4.21. The highest BCUT2D eigenvalue weighted by molar-refractivity contribution is 5.85. The predicted octanol–water partition coefficient (Wildman–Crippen LogP) is 0.647. The number of carboxylic acid groups (broad SMARTS) is 1. The van der Waals surface area contributed by atoms with Crippen LogP contribution in [-0.4, -0.2) is 40.2 Å². The largest absolute Gasteiger partial charge is 0.477 e. The molecule has 1 saturated heterocycles.